The normalized spacial score (nSPS) is 13.4. The zero-order valence-corrected chi connectivity index (χ0v) is 28.9. The molecule has 0 heterocycles. The maximum Gasteiger partial charge on any atom is -0.00108 e. The molecule has 0 unspecified atom stereocenters. The molecule has 51 heavy (non-hydrogen) atoms. The van der Waals surface area contributed by atoms with Gasteiger partial charge in [-0.2, -0.15) is 0 Å². The van der Waals surface area contributed by atoms with Crippen molar-refractivity contribution in [2.45, 2.75) is 32.6 Å². The Morgan fingerprint density at radius 1 is 0.431 bits per heavy atom. The summed E-state index contributed by atoms with van der Waals surface area (Å²) in [5.74, 6) is 0.487. The number of hydrogen-bond acceptors (Lipinski definition) is 0. The summed E-state index contributed by atoms with van der Waals surface area (Å²) < 4.78 is 0. The molecular formula is C51H36. The van der Waals surface area contributed by atoms with Gasteiger partial charge in [0.1, 0.15) is 0 Å². The summed E-state index contributed by atoms with van der Waals surface area (Å²) in [7, 11) is 0. The molecule has 0 radical (unpaired) electrons. The van der Waals surface area contributed by atoms with Gasteiger partial charge in [0.15, 0.2) is 0 Å². The maximum atomic E-state index is 2.52. The molecule has 8 aromatic carbocycles. The van der Waals surface area contributed by atoms with E-state index in [-0.39, 0.29) is 0 Å². The molecule has 0 saturated carbocycles. The fraction of sp³-hybridized carbons (Fsp3) is 0.0980. The van der Waals surface area contributed by atoms with Crippen LogP contribution in [0.3, 0.4) is 0 Å². The first-order chi connectivity index (χ1) is 25.2. The van der Waals surface area contributed by atoms with E-state index in [4.69, 9.17) is 0 Å². The minimum Gasteiger partial charge on any atom is -0.0757 e. The molecule has 0 spiro atoms. The minimum absolute atomic E-state index is 0.487. The predicted molar refractivity (Wildman–Crippen MR) is 217 cm³/mol. The van der Waals surface area contributed by atoms with Crippen molar-refractivity contribution in [3.05, 3.63) is 167 Å². The molecule has 0 heteroatoms. The summed E-state index contributed by atoms with van der Waals surface area (Å²) >= 11 is 0. The van der Waals surface area contributed by atoms with Crippen molar-refractivity contribution in [1.82, 2.24) is 0 Å². The van der Waals surface area contributed by atoms with Gasteiger partial charge < -0.3 is 0 Å². The lowest BCUT2D eigenvalue weighted by Gasteiger charge is -2.21. The van der Waals surface area contributed by atoms with Gasteiger partial charge in [0.05, 0.1) is 0 Å². The Kier molecular flexibility index (Phi) is 6.08. The van der Waals surface area contributed by atoms with Crippen molar-refractivity contribution in [2.24, 2.45) is 0 Å². The number of benzene rings is 8. The molecule has 0 amide bonds. The van der Waals surface area contributed by atoms with Gasteiger partial charge in [0.25, 0.3) is 0 Å². The Morgan fingerprint density at radius 2 is 1.04 bits per heavy atom. The van der Waals surface area contributed by atoms with Crippen LogP contribution in [0.25, 0.3) is 100.0 Å². The second-order valence-electron chi connectivity index (χ2n) is 14.8. The third kappa shape index (κ3) is 3.96. The summed E-state index contributed by atoms with van der Waals surface area (Å²) in [4.78, 5) is 0. The molecule has 240 valence electrons. The summed E-state index contributed by atoms with van der Waals surface area (Å²) in [5, 5.41) is 8.28. The highest BCUT2D eigenvalue weighted by Gasteiger charge is 2.32. The van der Waals surface area contributed by atoms with Crippen molar-refractivity contribution in [3.63, 3.8) is 0 Å². The van der Waals surface area contributed by atoms with E-state index < -0.39 is 0 Å². The molecule has 0 saturated heterocycles. The van der Waals surface area contributed by atoms with Crippen LogP contribution in [0.2, 0.25) is 0 Å². The second kappa shape index (κ2) is 10.8. The first-order valence-corrected chi connectivity index (χ1v) is 18.4. The minimum atomic E-state index is 0.487. The SMILES string of the molecule is CC(C)c1ccc2c3c(cccc13)-c1ccc(-c3ccc4c5c3=CCCC=5c3c-4c(-c4ccccc4)c4ccccc4c3-c3ccccc3)cc1-2. The van der Waals surface area contributed by atoms with Gasteiger partial charge >= 0.3 is 0 Å². The topological polar surface area (TPSA) is 0 Å². The third-order valence-corrected chi connectivity index (χ3v) is 11.8. The average molecular weight is 649 g/mol. The highest BCUT2D eigenvalue weighted by molar-refractivity contribution is 6.19. The van der Waals surface area contributed by atoms with Gasteiger partial charge in [-0.05, 0) is 140 Å². The fourth-order valence-electron chi connectivity index (χ4n) is 9.72. The summed E-state index contributed by atoms with van der Waals surface area (Å²) in [6, 6.07) is 54.9. The van der Waals surface area contributed by atoms with E-state index in [1.165, 1.54) is 115 Å². The van der Waals surface area contributed by atoms with Crippen LogP contribution in [0, 0.1) is 0 Å². The molecule has 0 N–H and O–H groups in total. The Bertz CT molecular complexity index is 2910. The molecule has 0 atom stereocenters. The lowest BCUT2D eigenvalue weighted by atomic mass is 9.81. The smallest absolute Gasteiger partial charge is 0.00108 e. The van der Waals surface area contributed by atoms with Crippen molar-refractivity contribution in [2.75, 3.05) is 0 Å². The van der Waals surface area contributed by atoms with Gasteiger partial charge in [-0.1, -0.05) is 159 Å². The van der Waals surface area contributed by atoms with Crippen LogP contribution in [0.5, 0.6) is 0 Å². The number of rotatable bonds is 4. The lowest BCUT2D eigenvalue weighted by Crippen LogP contribution is -2.31. The van der Waals surface area contributed by atoms with E-state index in [0.29, 0.717) is 5.92 Å². The van der Waals surface area contributed by atoms with Gasteiger partial charge in [0.2, 0.25) is 0 Å². The highest BCUT2D eigenvalue weighted by Crippen LogP contribution is 2.52. The van der Waals surface area contributed by atoms with Crippen molar-refractivity contribution >= 4 is 33.2 Å². The standard InChI is InChI=1S/C51H36/c1-30(2)34-25-27-42-45-29-33(23-24-36(45)39-21-11-19-37(34)48(39)42)35-26-28-44-49-38(35)20-12-22-43(49)50-46(31-13-5-3-6-14-31)40-17-9-10-18-41(40)47(51(44)50)32-15-7-4-8-16-32/h3-11,13-21,23-30H,12,22H2,1-2H3. The van der Waals surface area contributed by atoms with Crippen LogP contribution < -0.4 is 10.4 Å². The van der Waals surface area contributed by atoms with Crippen LogP contribution in [0.4, 0.5) is 0 Å². The molecule has 3 aliphatic rings. The van der Waals surface area contributed by atoms with Crippen LogP contribution in [0.1, 0.15) is 43.7 Å². The Labute approximate surface area is 298 Å². The molecule has 11 rings (SSSR count). The van der Waals surface area contributed by atoms with Gasteiger partial charge in [-0.25, -0.2) is 0 Å². The van der Waals surface area contributed by atoms with E-state index in [9.17, 15) is 0 Å². The van der Waals surface area contributed by atoms with Crippen molar-refractivity contribution < 1.29 is 0 Å². The Balaban J connectivity index is 1.19. The molecule has 0 bridgehead atoms. The molecule has 0 aliphatic heterocycles. The van der Waals surface area contributed by atoms with E-state index in [1.807, 2.05) is 0 Å². The highest BCUT2D eigenvalue weighted by atomic mass is 14.3. The van der Waals surface area contributed by atoms with Gasteiger partial charge in [-0.3, -0.25) is 0 Å². The molecule has 8 aromatic rings. The molecule has 0 nitrogen and oxygen atoms in total. The first kappa shape index (κ1) is 28.8. The van der Waals surface area contributed by atoms with Crippen LogP contribution in [-0.2, 0) is 0 Å². The largest absolute Gasteiger partial charge is 0.0757 e. The van der Waals surface area contributed by atoms with E-state index in [1.54, 1.807) is 0 Å². The Morgan fingerprint density at radius 3 is 1.76 bits per heavy atom. The van der Waals surface area contributed by atoms with Crippen molar-refractivity contribution in [1.29, 1.82) is 0 Å². The lowest BCUT2D eigenvalue weighted by molar-refractivity contribution is 0.876. The first-order valence-electron chi connectivity index (χ1n) is 18.4. The van der Waals surface area contributed by atoms with Crippen LogP contribution in [0.15, 0.2) is 146 Å². The molecular weight excluding hydrogens is 613 g/mol. The predicted octanol–water partition coefficient (Wildman–Crippen LogP) is 12.5. The van der Waals surface area contributed by atoms with Crippen LogP contribution >= 0.6 is 0 Å². The zero-order chi connectivity index (χ0) is 33.8. The molecule has 3 aliphatic carbocycles. The number of fused-ring (bicyclic) bond motifs is 7. The maximum absolute atomic E-state index is 2.52. The van der Waals surface area contributed by atoms with E-state index >= 15 is 0 Å². The fourth-order valence-corrected chi connectivity index (χ4v) is 9.72. The molecule has 0 aromatic heterocycles. The zero-order valence-electron chi connectivity index (χ0n) is 28.9. The summed E-state index contributed by atoms with van der Waals surface area (Å²) in [5.41, 5.74) is 20.5. The van der Waals surface area contributed by atoms with E-state index in [2.05, 4.69) is 166 Å². The second-order valence-corrected chi connectivity index (χ2v) is 14.8. The summed E-state index contributed by atoms with van der Waals surface area (Å²) in [6.45, 7) is 4.61. The van der Waals surface area contributed by atoms with E-state index in [0.717, 1.165) is 12.8 Å². The quantitative estimate of drug-likeness (QED) is 0.178. The number of hydrogen-bond donors (Lipinski definition) is 0. The third-order valence-electron chi connectivity index (χ3n) is 11.8. The van der Waals surface area contributed by atoms with Gasteiger partial charge in [0, 0.05) is 0 Å². The van der Waals surface area contributed by atoms with Gasteiger partial charge in [-0.15, -0.1) is 0 Å². The van der Waals surface area contributed by atoms with Crippen molar-refractivity contribution in [3.8, 4) is 66.8 Å². The average Bonchev–Trinajstić information content (AvgIpc) is 3.69. The van der Waals surface area contributed by atoms with Crippen LogP contribution in [-0.4, -0.2) is 0 Å². The Hall–Kier alpha value is -5.98. The monoisotopic (exact) mass is 648 g/mol. The molecule has 0 fully saturated rings. The summed E-state index contributed by atoms with van der Waals surface area (Å²) in [6.07, 6.45) is 4.60.